The van der Waals surface area contributed by atoms with E-state index in [1.165, 1.54) is 6.07 Å². The predicted octanol–water partition coefficient (Wildman–Crippen LogP) is 1.59. The van der Waals surface area contributed by atoms with E-state index in [-0.39, 0.29) is 24.4 Å². The number of aromatic nitrogens is 1. The number of rotatable bonds is 9. The van der Waals surface area contributed by atoms with Crippen molar-refractivity contribution in [1.82, 2.24) is 9.88 Å². The molecule has 0 spiro atoms. The highest BCUT2D eigenvalue weighted by Crippen LogP contribution is 2.26. The fourth-order valence-electron chi connectivity index (χ4n) is 3.80. The number of aliphatic hydroxyl groups is 2. The predicted molar refractivity (Wildman–Crippen MR) is 115 cm³/mol. The number of aliphatic hydroxyl groups excluding tert-OH is 2. The first-order valence-electron chi connectivity index (χ1n) is 10.2. The van der Waals surface area contributed by atoms with Gasteiger partial charge in [0, 0.05) is 61.7 Å². The molecular formula is C21H29N5O4. The van der Waals surface area contributed by atoms with Gasteiger partial charge in [-0.1, -0.05) is 6.07 Å². The van der Waals surface area contributed by atoms with Crippen molar-refractivity contribution in [2.45, 2.75) is 37.8 Å². The number of likely N-dealkylation sites (tertiary alicyclic amines) is 1. The maximum atomic E-state index is 11.2. The van der Waals surface area contributed by atoms with E-state index in [0.717, 1.165) is 37.3 Å². The number of nitrogens with zero attached hydrogens (tertiary/aromatic N) is 3. The summed E-state index contributed by atoms with van der Waals surface area (Å²) in [5.41, 5.74) is 8.26. The molecule has 1 aromatic carbocycles. The number of anilines is 2. The topological polar surface area (TPSA) is 138 Å². The minimum atomic E-state index is -0.448. The summed E-state index contributed by atoms with van der Waals surface area (Å²) in [5, 5.41) is 33.6. The quantitative estimate of drug-likeness (QED) is 0.275. The summed E-state index contributed by atoms with van der Waals surface area (Å²) in [6.45, 7) is 2.12. The van der Waals surface area contributed by atoms with Gasteiger partial charge in [-0.25, -0.2) is 0 Å². The molecule has 9 heteroatoms. The molecule has 2 atom stereocenters. The highest BCUT2D eigenvalue weighted by molar-refractivity contribution is 5.66. The third kappa shape index (κ3) is 5.88. The monoisotopic (exact) mass is 415 g/mol. The van der Waals surface area contributed by atoms with Crippen LogP contribution in [-0.2, 0) is 12.8 Å². The van der Waals surface area contributed by atoms with E-state index in [1.807, 2.05) is 18.2 Å². The van der Waals surface area contributed by atoms with Gasteiger partial charge in [-0.05, 0) is 37.1 Å². The molecule has 0 bridgehead atoms. The minimum absolute atomic E-state index is 0.00293. The van der Waals surface area contributed by atoms with Crippen LogP contribution in [0.15, 0.2) is 36.4 Å². The third-order valence-corrected chi connectivity index (χ3v) is 5.46. The van der Waals surface area contributed by atoms with Crippen molar-refractivity contribution in [2.24, 2.45) is 0 Å². The van der Waals surface area contributed by atoms with Gasteiger partial charge < -0.3 is 21.3 Å². The van der Waals surface area contributed by atoms with Crippen molar-refractivity contribution in [2.75, 3.05) is 37.3 Å². The number of hydrogen-bond acceptors (Lipinski definition) is 8. The number of nitro benzene ring substituents is 1. The lowest BCUT2D eigenvalue weighted by Crippen LogP contribution is -2.47. The molecule has 2 unspecified atom stereocenters. The highest BCUT2D eigenvalue weighted by Gasteiger charge is 2.26. The smallest absolute Gasteiger partial charge is 0.294 e. The Morgan fingerprint density at radius 1 is 1.27 bits per heavy atom. The Labute approximate surface area is 175 Å². The van der Waals surface area contributed by atoms with Gasteiger partial charge in [-0.2, -0.15) is 0 Å². The van der Waals surface area contributed by atoms with Crippen molar-refractivity contribution in [1.29, 1.82) is 0 Å². The third-order valence-electron chi connectivity index (χ3n) is 5.46. The van der Waals surface area contributed by atoms with Crippen LogP contribution in [0.3, 0.4) is 0 Å². The van der Waals surface area contributed by atoms with Crippen LogP contribution in [0, 0.1) is 10.1 Å². The van der Waals surface area contributed by atoms with Crippen LogP contribution in [0.4, 0.5) is 17.1 Å². The maximum Gasteiger partial charge on any atom is 0.294 e. The number of benzene rings is 1. The summed E-state index contributed by atoms with van der Waals surface area (Å²) >= 11 is 0. The summed E-state index contributed by atoms with van der Waals surface area (Å²) in [7, 11) is 0. The number of hydrogen-bond donors (Lipinski definition) is 4. The highest BCUT2D eigenvalue weighted by atomic mass is 16.6. The van der Waals surface area contributed by atoms with E-state index in [2.05, 4.69) is 10.2 Å². The summed E-state index contributed by atoms with van der Waals surface area (Å²) in [6.07, 6.45) is 2.39. The molecule has 1 saturated heterocycles. The van der Waals surface area contributed by atoms with Crippen LogP contribution in [-0.4, -0.2) is 63.4 Å². The Morgan fingerprint density at radius 3 is 2.77 bits per heavy atom. The second-order valence-electron chi connectivity index (χ2n) is 7.63. The molecule has 0 saturated carbocycles. The second-order valence-corrected chi connectivity index (χ2v) is 7.63. The number of nitro groups is 1. The molecule has 0 aliphatic carbocycles. The van der Waals surface area contributed by atoms with E-state index in [4.69, 9.17) is 10.7 Å². The summed E-state index contributed by atoms with van der Waals surface area (Å²) in [5.74, 6) is 0. The molecule has 1 fully saturated rings. The Morgan fingerprint density at radius 2 is 2.03 bits per heavy atom. The summed E-state index contributed by atoms with van der Waals surface area (Å²) in [4.78, 5) is 17.6. The lowest BCUT2D eigenvalue weighted by atomic mass is 9.99. The van der Waals surface area contributed by atoms with Gasteiger partial charge in [0.25, 0.3) is 5.69 Å². The lowest BCUT2D eigenvalue weighted by molar-refractivity contribution is -0.383. The number of piperidine rings is 1. The average molecular weight is 415 g/mol. The summed E-state index contributed by atoms with van der Waals surface area (Å²) in [6, 6.07) is 10.5. The zero-order chi connectivity index (χ0) is 21.5. The SMILES string of the molecule is Nc1ccc(NCCc2cccc(CCN3CCC(O)CC3CO)n2)c([N+](=O)[O-])c1. The Balaban J connectivity index is 1.53. The number of nitrogen functional groups attached to an aromatic ring is 1. The van der Waals surface area contributed by atoms with Gasteiger partial charge in [0.1, 0.15) is 5.69 Å². The van der Waals surface area contributed by atoms with Crippen molar-refractivity contribution in [3.8, 4) is 0 Å². The zero-order valence-electron chi connectivity index (χ0n) is 16.9. The fraction of sp³-hybridized carbons (Fsp3) is 0.476. The van der Waals surface area contributed by atoms with Crippen molar-refractivity contribution in [3.05, 3.63) is 57.9 Å². The van der Waals surface area contributed by atoms with E-state index in [9.17, 15) is 20.3 Å². The lowest BCUT2D eigenvalue weighted by Gasteiger charge is -2.36. The van der Waals surface area contributed by atoms with Crippen molar-refractivity contribution < 1.29 is 15.1 Å². The molecule has 3 rings (SSSR count). The molecule has 2 aromatic rings. The maximum absolute atomic E-state index is 11.2. The molecule has 30 heavy (non-hydrogen) atoms. The first-order valence-corrected chi connectivity index (χ1v) is 10.2. The van der Waals surface area contributed by atoms with E-state index in [1.54, 1.807) is 12.1 Å². The Bertz CT molecular complexity index is 863. The second kappa shape index (κ2) is 10.3. The van der Waals surface area contributed by atoms with E-state index in [0.29, 0.717) is 30.8 Å². The molecule has 2 heterocycles. The molecule has 0 radical (unpaired) electrons. The normalized spacial score (nSPS) is 19.5. The van der Waals surface area contributed by atoms with Gasteiger partial charge in [-0.3, -0.25) is 20.0 Å². The van der Waals surface area contributed by atoms with E-state index >= 15 is 0 Å². The molecular weight excluding hydrogens is 386 g/mol. The van der Waals surface area contributed by atoms with Gasteiger partial charge >= 0.3 is 0 Å². The van der Waals surface area contributed by atoms with Crippen molar-refractivity contribution in [3.63, 3.8) is 0 Å². The average Bonchev–Trinajstić information content (AvgIpc) is 2.74. The standard InChI is InChI=1S/C21H29N5O4/c22-15-4-5-20(21(12-15)26(29)30)23-9-6-16-2-1-3-17(24-16)7-10-25-11-8-19(28)13-18(25)14-27/h1-5,12,18-19,23,27-28H,6-11,13-14,22H2. The van der Waals surface area contributed by atoms with E-state index < -0.39 is 4.92 Å². The first kappa shape index (κ1) is 21.9. The number of pyridine rings is 1. The molecule has 9 nitrogen and oxygen atoms in total. The van der Waals surface area contributed by atoms with Crippen LogP contribution in [0.2, 0.25) is 0 Å². The molecule has 1 aliphatic heterocycles. The zero-order valence-corrected chi connectivity index (χ0v) is 16.9. The number of nitrogens with one attached hydrogen (secondary N) is 1. The van der Waals surface area contributed by atoms with Gasteiger partial charge in [-0.15, -0.1) is 0 Å². The van der Waals surface area contributed by atoms with Crippen LogP contribution in [0.5, 0.6) is 0 Å². The van der Waals surface area contributed by atoms with Crippen LogP contribution in [0.25, 0.3) is 0 Å². The molecule has 5 N–H and O–H groups in total. The largest absolute Gasteiger partial charge is 0.399 e. The minimum Gasteiger partial charge on any atom is -0.399 e. The molecule has 162 valence electrons. The van der Waals surface area contributed by atoms with Crippen LogP contribution >= 0.6 is 0 Å². The van der Waals surface area contributed by atoms with Crippen molar-refractivity contribution >= 4 is 17.1 Å². The Kier molecular flexibility index (Phi) is 7.56. The summed E-state index contributed by atoms with van der Waals surface area (Å²) < 4.78 is 0. The number of nitrogens with two attached hydrogens (primary N) is 1. The van der Waals surface area contributed by atoms with Crippen LogP contribution in [0.1, 0.15) is 24.2 Å². The molecule has 1 aromatic heterocycles. The van der Waals surface area contributed by atoms with Gasteiger partial charge in [0.05, 0.1) is 17.6 Å². The molecule has 1 aliphatic rings. The van der Waals surface area contributed by atoms with Gasteiger partial charge in [0.2, 0.25) is 0 Å². The Hall–Kier alpha value is -2.75. The van der Waals surface area contributed by atoms with Gasteiger partial charge in [0.15, 0.2) is 0 Å². The van der Waals surface area contributed by atoms with Crippen LogP contribution < -0.4 is 11.1 Å². The molecule has 0 amide bonds. The fourth-order valence-corrected chi connectivity index (χ4v) is 3.80. The first-order chi connectivity index (χ1) is 14.5.